The van der Waals surface area contributed by atoms with Gasteiger partial charge < -0.3 is 10.1 Å². The van der Waals surface area contributed by atoms with Gasteiger partial charge in [0.25, 0.3) is 5.91 Å². The molecule has 0 radical (unpaired) electrons. The summed E-state index contributed by atoms with van der Waals surface area (Å²) in [6.07, 6.45) is 0.927. The average molecular weight is 286 g/mol. The molecule has 16 heavy (non-hydrogen) atoms. The van der Waals surface area contributed by atoms with Crippen LogP contribution < -0.4 is 10.1 Å². The maximum absolute atomic E-state index is 11.8. The first-order valence-electron chi connectivity index (χ1n) is 5.35. The monoisotopic (exact) mass is 285 g/mol. The van der Waals surface area contributed by atoms with Crippen molar-refractivity contribution in [2.75, 3.05) is 18.5 Å². The van der Waals surface area contributed by atoms with Crippen molar-refractivity contribution in [3.05, 3.63) is 29.8 Å². The van der Waals surface area contributed by atoms with E-state index in [4.69, 9.17) is 4.74 Å². The summed E-state index contributed by atoms with van der Waals surface area (Å²) in [7, 11) is 0. The van der Waals surface area contributed by atoms with Gasteiger partial charge in [0.1, 0.15) is 5.75 Å². The first kappa shape index (κ1) is 13.0. The number of nitrogens with one attached hydrogen (secondary N) is 1. The molecule has 0 bridgehead atoms. The Bertz CT molecular complexity index is 342. The van der Waals surface area contributed by atoms with Crippen LogP contribution >= 0.6 is 15.9 Å². The predicted molar refractivity (Wildman–Crippen MR) is 68.4 cm³/mol. The fourth-order valence-corrected chi connectivity index (χ4v) is 1.42. The van der Waals surface area contributed by atoms with E-state index in [1.54, 1.807) is 6.07 Å². The van der Waals surface area contributed by atoms with Crippen molar-refractivity contribution in [1.29, 1.82) is 0 Å². The lowest BCUT2D eigenvalue weighted by atomic mass is 10.2. The van der Waals surface area contributed by atoms with Crippen LogP contribution in [0.25, 0.3) is 0 Å². The minimum atomic E-state index is -0.0768. The highest BCUT2D eigenvalue weighted by Crippen LogP contribution is 2.17. The summed E-state index contributed by atoms with van der Waals surface area (Å²) in [5, 5.41) is 3.58. The van der Waals surface area contributed by atoms with Gasteiger partial charge in [0, 0.05) is 11.9 Å². The molecule has 3 nitrogen and oxygen atoms in total. The van der Waals surface area contributed by atoms with E-state index >= 15 is 0 Å². The Balaban J connectivity index is 2.73. The van der Waals surface area contributed by atoms with Crippen molar-refractivity contribution in [1.82, 2.24) is 5.32 Å². The van der Waals surface area contributed by atoms with Crippen LogP contribution in [0.1, 0.15) is 23.7 Å². The van der Waals surface area contributed by atoms with Gasteiger partial charge in [-0.2, -0.15) is 0 Å². The second kappa shape index (κ2) is 7.28. The molecule has 0 aliphatic heterocycles. The summed E-state index contributed by atoms with van der Waals surface area (Å²) in [5.74, 6) is 0.558. The Kier molecular flexibility index (Phi) is 5.93. The van der Waals surface area contributed by atoms with Crippen LogP contribution in [0.5, 0.6) is 5.75 Å². The summed E-state index contributed by atoms with van der Waals surface area (Å²) in [5.41, 5.74) is 0.594. The van der Waals surface area contributed by atoms with Crippen molar-refractivity contribution in [3.8, 4) is 5.75 Å². The molecule has 0 fully saturated rings. The molecule has 0 spiro atoms. The Morgan fingerprint density at radius 2 is 2.19 bits per heavy atom. The highest BCUT2D eigenvalue weighted by Gasteiger charge is 2.10. The number of hydrogen-bond donors (Lipinski definition) is 1. The van der Waals surface area contributed by atoms with E-state index in [0.717, 1.165) is 11.8 Å². The number of ether oxygens (including phenoxy) is 1. The van der Waals surface area contributed by atoms with Gasteiger partial charge in [-0.05, 0) is 18.6 Å². The van der Waals surface area contributed by atoms with E-state index in [2.05, 4.69) is 21.2 Å². The number of hydrogen-bond acceptors (Lipinski definition) is 2. The maximum atomic E-state index is 11.8. The quantitative estimate of drug-likeness (QED) is 0.816. The first-order valence-corrected chi connectivity index (χ1v) is 6.47. The van der Waals surface area contributed by atoms with Crippen molar-refractivity contribution in [2.24, 2.45) is 0 Å². The number of para-hydroxylation sites is 1. The highest BCUT2D eigenvalue weighted by atomic mass is 79.9. The number of carbonyl (C=O) groups is 1. The number of carbonyl (C=O) groups excluding carboxylic acids is 1. The van der Waals surface area contributed by atoms with E-state index < -0.39 is 0 Å². The summed E-state index contributed by atoms with van der Waals surface area (Å²) in [6, 6.07) is 7.28. The van der Waals surface area contributed by atoms with Crippen molar-refractivity contribution >= 4 is 21.8 Å². The molecule has 0 aromatic heterocycles. The third-order valence-corrected chi connectivity index (χ3v) is 2.33. The van der Waals surface area contributed by atoms with Crippen LogP contribution in [0, 0.1) is 0 Å². The molecule has 1 N–H and O–H groups in total. The van der Waals surface area contributed by atoms with Gasteiger partial charge in [0.15, 0.2) is 0 Å². The Morgan fingerprint density at radius 3 is 2.88 bits per heavy atom. The molecule has 0 atom stereocenters. The van der Waals surface area contributed by atoms with E-state index in [1.807, 2.05) is 25.1 Å². The van der Waals surface area contributed by atoms with Crippen molar-refractivity contribution in [3.63, 3.8) is 0 Å². The number of alkyl halides is 1. The Morgan fingerprint density at radius 1 is 1.44 bits per heavy atom. The van der Waals surface area contributed by atoms with Crippen LogP contribution in [0.15, 0.2) is 24.3 Å². The summed E-state index contributed by atoms with van der Waals surface area (Å²) in [4.78, 5) is 11.8. The van der Waals surface area contributed by atoms with Gasteiger partial charge in [0.05, 0.1) is 12.2 Å². The van der Waals surface area contributed by atoms with E-state index in [-0.39, 0.29) is 5.91 Å². The highest BCUT2D eigenvalue weighted by molar-refractivity contribution is 9.09. The molecule has 0 aliphatic rings. The van der Waals surface area contributed by atoms with Crippen LogP contribution in [0.4, 0.5) is 0 Å². The van der Waals surface area contributed by atoms with Gasteiger partial charge in [-0.1, -0.05) is 35.0 Å². The lowest BCUT2D eigenvalue weighted by Gasteiger charge is -2.10. The Labute approximate surface area is 104 Å². The van der Waals surface area contributed by atoms with Crippen LogP contribution in [0.2, 0.25) is 0 Å². The molecule has 0 saturated heterocycles. The molecule has 88 valence electrons. The lowest BCUT2D eigenvalue weighted by Crippen LogP contribution is -2.24. The average Bonchev–Trinajstić information content (AvgIpc) is 2.33. The summed E-state index contributed by atoms with van der Waals surface area (Å²) >= 11 is 3.28. The SMILES string of the molecule is CCCNC(=O)c1ccccc1OCCBr. The van der Waals surface area contributed by atoms with Crippen molar-refractivity contribution in [2.45, 2.75) is 13.3 Å². The zero-order chi connectivity index (χ0) is 11.8. The zero-order valence-electron chi connectivity index (χ0n) is 9.33. The van der Waals surface area contributed by atoms with E-state index in [9.17, 15) is 4.79 Å². The molecular weight excluding hydrogens is 270 g/mol. The molecule has 1 aromatic carbocycles. The summed E-state index contributed by atoms with van der Waals surface area (Å²) in [6.45, 7) is 3.26. The van der Waals surface area contributed by atoms with Crippen molar-refractivity contribution < 1.29 is 9.53 Å². The first-order chi connectivity index (χ1) is 7.79. The molecule has 0 saturated carbocycles. The molecule has 4 heteroatoms. The van der Waals surface area contributed by atoms with E-state index in [1.165, 1.54) is 0 Å². The molecule has 1 aromatic rings. The smallest absolute Gasteiger partial charge is 0.255 e. The number of amides is 1. The Hall–Kier alpha value is -1.03. The lowest BCUT2D eigenvalue weighted by molar-refractivity contribution is 0.0950. The third-order valence-electron chi connectivity index (χ3n) is 2.00. The zero-order valence-corrected chi connectivity index (χ0v) is 10.9. The maximum Gasteiger partial charge on any atom is 0.255 e. The standard InChI is InChI=1S/C12H16BrNO2/c1-2-8-14-12(15)10-5-3-4-6-11(10)16-9-7-13/h3-6H,2,7-9H2,1H3,(H,14,15). The van der Waals surface area contributed by atoms with Gasteiger partial charge in [-0.25, -0.2) is 0 Å². The van der Waals surface area contributed by atoms with Crippen LogP contribution in [0.3, 0.4) is 0 Å². The molecule has 1 rings (SSSR count). The normalized spacial score (nSPS) is 9.88. The number of rotatable bonds is 6. The predicted octanol–water partition coefficient (Wildman–Crippen LogP) is 2.60. The third kappa shape index (κ3) is 3.85. The van der Waals surface area contributed by atoms with Crippen LogP contribution in [-0.2, 0) is 0 Å². The second-order valence-electron chi connectivity index (χ2n) is 3.29. The largest absolute Gasteiger partial charge is 0.492 e. The minimum Gasteiger partial charge on any atom is -0.492 e. The second-order valence-corrected chi connectivity index (χ2v) is 4.08. The molecule has 0 unspecified atom stereocenters. The van der Waals surface area contributed by atoms with E-state index in [0.29, 0.717) is 24.5 Å². The fraction of sp³-hybridized carbons (Fsp3) is 0.417. The molecule has 0 heterocycles. The number of benzene rings is 1. The minimum absolute atomic E-state index is 0.0768. The van der Waals surface area contributed by atoms with Gasteiger partial charge in [0.2, 0.25) is 0 Å². The molecular formula is C12H16BrNO2. The molecule has 0 aliphatic carbocycles. The topological polar surface area (TPSA) is 38.3 Å². The molecule has 1 amide bonds. The van der Waals surface area contributed by atoms with Gasteiger partial charge in [-0.3, -0.25) is 4.79 Å². The van der Waals surface area contributed by atoms with Crippen LogP contribution in [-0.4, -0.2) is 24.4 Å². The fourth-order valence-electron chi connectivity index (χ4n) is 1.26. The van der Waals surface area contributed by atoms with Gasteiger partial charge in [-0.15, -0.1) is 0 Å². The summed E-state index contributed by atoms with van der Waals surface area (Å²) < 4.78 is 5.48. The van der Waals surface area contributed by atoms with Gasteiger partial charge >= 0.3 is 0 Å². The number of halogens is 1.